The van der Waals surface area contributed by atoms with Gasteiger partial charge in [0, 0.05) is 10.6 Å². The Labute approximate surface area is 112 Å². The minimum absolute atomic E-state index is 0.371. The minimum atomic E-state index is 0.371. The van der Waals surface area contributed by atoms with Gasteiger partial charge < -0.3 is 10.5 Å². The summed E-state index contributed by atoms with van der Waals surface area (Å²) in [5.41, 5.74) is 7.35. The summed E-state index contributed by atoms with van der Waals surface area (Å²) in [6, 6.07) is 5.63. The van der Waals surface area contributed by atoms with E-state index in [9.17, 15) is 0 Å². The van der Waals surface area contributed by atoms with E-state index in [0.717, 1.165) is 11.1 Å². The second-order valence-electron chi connectivity index (χ2n) is 4.39. The number of thiocarbonyl (C=S) groups is 1. The summed E-state index contributed by atoms with van der Waals surface area (Å²) in [6.45, 7) is 0.571. The summed E-state index contributed by atoms with van der Waals surface area (Å²) in [4.78, 5) is 0.371. The zero-order valence-corrected chi connectivity index (χ0v) is 11.2. The second-order valence-corrected chi connectivity index (χ2v) is 5.23. The normalized spacial score (nSPS) is 16.3. The molecule has 1 aliphatic rings. The van der Waals surface area contributed by atoms with E-state index in [1.54, 1.807) is 6.07 Å². The van der Waals surface area contributed by atoms with E-state index in [2.05, 4.69) is 0 Å². The van der Waals surface area contributed by atoms with Crippen molar-refractivity contribution in [3.8, 4) is 0 Å². The third kappa shape index (κ3) is 3.41. The van der Waals surface area contributed by atoms with Crippen LogP contribution in [0.2, 0.25) is 5.02 Å². The minimum Gasteiger partial charge on any atom is -0.389 e. The Morgan fingerprint density at radius 2 is 2.12 bits per heavy atom. The van der Waals surface area contributed by atoms with Gasteiger partial charge in [0.15, 0.2) is 0 Å². The van der Waals surface area contributed by atoms with Crippen molar-refractivity contribution in [2.24, 2.45) is 5.73 Å². The molecule has 1 aliphatic carbocycles. The molecular formula is C13H16ClNOS. The van der Waals surface area contributed by atoms with E-state index in [-0.39, 0.29) is 0 Å². The molecule has 4 heteroatoms. The number of benzene rings is 1. The summed E-state index contributed by atoms with van der Waals surface area (Å²) in [6.07, 6.45) is 5.30. The first-order valence-electron chi connectivity index (χ1n) is 5.86. The molecule has 0 aromatic heterocycles. The molecule has 17 heavy (non-hydrogen) atoms. The van der Waals surface area contributed by atoms with Crippen LogP contribution in [0, 0.1) is 0 Å². The monoisotopic (exact) mass is 269 g/mol. The SMILES string of the molecule is NC(=S)c1ccc(COC2CCCC2)c(Cl)c1. The van der Waals surface area contributed by atoms with Gasteiger partial charge in [-0.15, -0.1) is 0 Å². The lowest BCUT2D eigenvalue weighted by Crippen LogP contribution is -2.10. The molecule has 0 amide bonds. The summed E-state index contributed by atoms with van der Waals surface area (Å²) < 4.78 is 5.82. The Kier molecular flexibility index (Phi) is 4.37. The Hall–Kier alpha value is -0.640. The van der Waals surface area contributed by atoms with Crippen molar-refractivity contribution in [2.45, 2.75) is 38.4 Å². The van der Waals surface area contributed by atoms with Gasteiger partial charge in [0.1, 0.15) is 4.99 Å². The average Bonchev–Trinajstić information content (AvgIpc) is 2.80. The van der Waals surface area contributed by atoms with Gasteiger partial charge in [-0.05, 0) is 24.5 Å². The lowest BCUT2D eigenvalue weighted by atomic mass is 10.1. The zero-order chi connectivity index (χ0) is 12.3. The maximum absolute atomic E-state index is 6.16. The fourth-order valence-electron chi connectivity index (χ4n) is 2.08. The molecule has 92 valence electrons. The van der Waals surface area contributed by atoms with Crippen LogP contribution in [0.25, 0.3) is 0 Å². The number of hydrogen-bond acceptors (Lipinski definition) is 2. The van der Waals surface area contributed by atoms with E-state index < -0.39 is 0 Å². The molecule has 1 aromatic carbocycles. The van der Waals surface area contributed by atoms with Crippen molar-refractivity contribution in [3.63, 3.8) is 0 Å². The maximum Gasteiger partial charge on any atom is 0.104 e. The van der Waals surface area contributed by atoms with E-state index in [1.807, 2.05) is 12.1 Å². The van der Waals surface area contributed by atoms with E-state index in [1.165, 1.54) is 25.7 Å². The Morgan fingerprint density at radius 1 is 1.41 bits per heavy atom. The summed E-state index contributed by atoms with van der Waals surface area (Å²) in [5.74, 6) is 0. The van der Waals surface area contributed by atoms with Gasteiger partial charge in [0.2, 0.25) is 0 Å². The van der Waals surface area contributed by atoms with Crippen molar-refractivity contribution in [2.75, 3.05) is 0 Å². The van der Waals surface area contributed by atoms with Gasteiger partial charge in [0.05, 0.1) is 12.7 Å². The van der Waals surface area contributed by atoms with E-state index in [4.69, 9.17) is 34.3 Å². The van der Waals surface area contributed by atoms with Crippen LogP contribution in [0.3, 0.4) is 0 Å². The van der Waals surface area contributed by atoms with Crippen molar-refractivity contribution in [1.82, 2.24) is 0 Å². The standard InChI is InChI=1S/C13H16ClNOS/c14-12-7-9(13(15)17)5-6-10(12)8-16-11-3-1-2-4-11/h5-7,11H,1-4,8H2,(H2,15,17). The lowest BCUT2D eigenvalue weighted by Gasteiger charge is -2.12. The topological polar surface area (TPSA) is 35.2 Å². The first-order chi connectivity index (χ1) is 8.16. The predicted molar refractivity (Wildman–Crippen MR) is 74.4 cm³/mol. The predicted octanol–water partition coefficient (Wildman–Crippen LogP) is 3.43. The summed E-state index contributed by atoms with van der Waals surface area (Å²) in [5, 5.41) is 0.674. The molecule has 0 bridgehead atoms. The highest BCUT2D eigenvalue weighted by Crippen LogP contribution is 2.24. The molecule has 0 radical (unpaired) electrons. The van der Waals surface area contributed by atoms with E-state index >= 15 is 0 Å². The second kappa shape index (κ2) is 5.80. The highest BCUT2D eigenvalue weighted by Gasteiger charge is 2.15. The number of rotatable bonds is 4. The third-order valence-corrected chi connectivity index (χ3v) is 3.70. The molecule has 0 saturated heterocycles. The molecule has 1 saturated carbocycles. The zero-order valence-electron chi connectivity index (χ0n) is 9.62. The number of halogens is 1. The lowest BCUT2D eigenvalue weighted by molar-refractivity contribution is 0.0457. The molecule has 2 nitrogen and oxygen atoms in total. The summed E-state index contributed by atoms with van der Waals surface area (Å²) >= 11 is 11.1. The van der Waals surface area contributed by atoms with Crippen LogP contribution in [0.4, 0.5) is 0 Å². The molecule has 0 heterocycles. The van der Waals surface area contributed by atoms with Gasteiger partial charge in [-0.25, -0.2) is 0 Å². The van der Waals surface area contributed by atoms with Crippen LogP contribution in [0.15, 0.2) is 18.2 Å². The van der Waals surface area contributed by atoms with Crippen molar-refractivity contribution >= 4 is 28.8 Å². The van der Waals surface area contributed by atoms with Crippen LogP contribution in [0.1, 0.15) is 36.8 Å². The first-order valence-corrected chi connectivity index (χ1v) is 6.65. The Morgan fingerprint density at radius 3 is 2.71 bits per heavy atom. The molecule has 1 fully saturated rings. The average molecular weight is 270 g/mol. The molecule has 2 N–H and O–H groups in total. The maximum atomic E-state index is 6.16. The quantitative estimate of drug-likeness (QED) is 0.851. The molecule has 1 aromatic rings. The van der Waals surface area contributed by atoms with Crippen LogP contribution >= 0.6 is 23.8 Å². The van der Waals surface area contributed by atoms with Crippen LogP contribution in [-0.4, -0.2) is 11.1 Å². The molecule has 0 unspecified atom stereocenters. The highest BCUT2D eigenvalue weighted by atomic mass is 35.5. The molecular weight excluding hydrogens is 254 g/mol. The summed E-state index contributed by atoms with van der Waals surface area (Å²) in [7, 11) is 0. The Balaban J connectivity index is 1.98. The van der Waals surface area contributed by atoms with Gasteiger partial charge in [-0.1, -0.05) is 48.8 Å². The molecule has 0 aliphatic heterocycles. The molecule has 0 spiro atoms. The van der Waals surface area contributed by atoms with Crippen LogP contribution < -0.4 is 5.73 Å². The van der Waals surface area contributed by atoms with Crippen molar-refractivity contribution < 1.29 is 4.74 Å². The fraction of sp³-hybridized carbons (Fsp3) is 0.462. The van der Waals surface area contributed by atoms with Crippen molar-refractivity contribution in [3.05, 3.63) is 34.3 Å². The third-order valence-electron chi connectivity index (χ3n) is 3.11. The van der Waals surface area contributed by atoms with Gasteiger partial charge in [-0.2, -0.15) is 0 Å². The van der Waals surface area contributed by atoms with Gasteiger partial charge in [0.25, 0.3) is 0 Å². The van der Waals surface area contributed by atoms with Crippen molar-refractivity contribution in [1.29, 1.82) is 0 Å². The number of nitrogens with two attached hydrogens (primary N) is 1. The highest BCUT2D eigenvalue weighted by molar-refractivity contribution is 7.80. The van der Waals surface area contributed by atoms with Gasteiger partial charge >= 0.3 is 0 Å². The first kappa shape index (κ1) is 12.8. The van der Waals surface area contributed by atoms with Crippen LogP contribution in [-0.2, 0) is 11.3 Å². The number of hydrogen-bond donors (Lipinski definition) is 1. The molecule has 2 rings (SSSR count). The fourth-order valence-corrected chi connectivity index (χ4v) is 2.44. The number of ether oxygens (including phenoxy) is 1. The van der Waals surface area contributed by atoms with Crippen LogP contribution in [0.5, 0.6) is 0 Å². The van der Waals surface area contributed by atoms with Gasteiger partial charge in [-0.3, -0.25) is 0 Å². The largest absolute Gasteiger partial charge is 0.389 e. The molecule has 0 atom stereocenters. The Bertz CT molecular complexity index is 416. The van der Waals surface area contributed by atoms with E-state index in [0.29, 0.717) is 22.7 Å². The smallest absolute Gasteiger partial charge is 0.104 e.